The van der Waals surface area contributed by atoms with Crippen LogP contribution in [0.25, 0.3) is 22.3 Å². The smallest absolute Gasteiger partial charge is 0.296 e. The summed E-state index contributed by atoms with van der Waals surface area (Å²) < 4.78 is 24.3. The van der Waals surface area contributed by atoms with Crippen LogP contribution in [0.4, 0.5) is 0 Å². The summed E-state index contributed by atoms with van der Waals surface area (Å²) >= 11 is 0. The highest BCUT2D eigenvalue weighted by atomic mass is 35.7. The molecule has 1 aromatic carbocycles. The third kappa shape index (κ3) is 2.38. The number of fused-ring (bicyclic) bond motifs is 1. The lowest BCUT2D eigenvalue weighted by atomic mass is 10.1. The Kier molecular flexibility index (Phi) is 3.18. The number of aryl methyl sites for hydroxylation is 1. The summed E-state index contributed by atoms with van der Waals surface area (Å²) in [6, 6.07) is 9.42. The van der Waals surface area contributed by atoms with Crippen LogP contribution in [-0.4, -0.2) is 28.2 Å². The number of halogens is 1. The average molecular weight is 323 g/mol. The van der Waals surface area contributed by atoms with Crippen LogP contribution in [0.15, 0.2) is 35.5 Å². The molecule has 0 saturated carbocycles. The van der Waals surface area contributed by atoms with E-state index in [0.717, 1.165) is 22.2 Å². The van der Waals surface area contributed by atoms with E-state index >= 15 is 0 Å². The van der Waals surface area contributed by atoms with Crippen molar-refractivity contribution in [3.8, 4) is 11.4 Å². The van der Waals surface area contributed by atoms with Gasteiger partial charge in [-0.25, -0.2) is 8.42 Å². The van der Waals surface area contributed by atoms with Crippen molar-refractivity contribution in [3.63, 3.8) is 0 Å². The van der Waals surface area contributed by atoms with Crippen LogP contribution < -0.4 is 0 Å². The van der Waals surface area contributed by atoms with Gasteiger partial charge in [0.1, 0.15) is 0 Å². The van der Waals surface area contributed by atoms with Gasteiger partial charge in [-0.1, -0.05) is 18.2 Å². The van der Waals surface area contributed by atoms with E-state index in [9.17, 15) is 8.42 Å². The zero-order valence-corrected chi connectivity index (χ0v) is 12.9. The number of pyridine rings is 1. The first-order chi connectivity index (χ1) is 9.88. The van der Waals surface area contributed by atoms with Crippen LogP contribution in [0.3, 0.4) is 0 Å². The standard InChI is InChI=1S/C13H11ClN4O2S/c1-8-7-10(9-5-3-4-6-11(9)15-8)12-16-17-13(18(12)2)21(14,19)20/h3-7H,1-2H3. The van der Waals surface area contributed by atoms with E-state index in [-0.39, 0.29) is 5.16 Å². The molecule has 0 radical (unpaired) electrons. The number of para-hydroxylation sites is 1. The van der Waals surface area contributed by atoms with Gasteiger partial charge in [-0.2, -0.15) is 0 Å². The lowest BCUT2D eigenvalue weighted by Gasteiger charge is -2.07. The van der Waals surface area contributed by atoms with Crippen LogP contribution in [0.5, 0.6) is 0 Å². The molecule has 8 heteroatoms. The maximum Gasteiger partial charge on any atom is 0.296 e. The highest BCUT2D eigenvalue weighted by Crippen LogP contribution is 2.28. The van der Waals surface area contributed by atoms with Crippen molar-refractivity contribution in [1.29, 1.82) is 0 Å². The fraction of sp³-hybridized carbons (Fsp3) is 0.154. The first-order valence-electron chi connectivity index (χ1n) is 6.09. The summed E-state index contributed by atoms with van der Waals surface area (Å²) in [5.74, 6) is 0.427. The predicted molar refractivity (Wildman–Crippen MR) is 79.5 cm³/mol. The summed E-state index contributed by atoms with van der Waals surface area (Å²) in [6.45, 7) is 1.87. The second-order valence-electron chi connectivity index (χ2n) is 4.63. The van der Waals surface area contributed by atoms with Gasteiger partial charge >= 0.3 is 0 Å². The molecule has 0 atom stereocenters. The molecule has 0 N–H and O–H groups in total. The van der Waals surface area contributed by atoms with Crippen molar-refractivity contribution in [1.82, 2.24) is 19.7 Å². The Morgan fingerprint density at radius 2 is 1.90 bits per heavy atom. The topological polar surface area (TPSA) is 77.7 Å². The lowest BCUT2D eigenvalue weighted by molar-refractivity contribution is 0.593. The predicted octanol–water partition coefficient (Wildman–Crippen LogP) is 2.27. The van der Waals surface area contributed by atoms with Gasteiger partial charge in [0.05, 0.1) is 5.52 Å². The van der Waals surface area contributed by atoms with Gasteiger partial charge in [0.2, 0.25) is 0 Å². The Hall–Kier alpha value is -1.99. The van der Waals surface area contributed by atoms with Crippen LogP contribution in [0, 0.1) is 6.92 Å². The van der Waals surface area contributed by atoms with Gasteiger partial charge < -0.3 is 0 Å². The molecule has 2 heterocycles. The summed E-state index contributed by atoms with van der Waals surface area (Å²) in [5.41, 5.74) is 2.38. The van der Waals surface area contributed by atoms with E-state index in [1.807, 2.05) is 37.3 Å². The van der Waals surface area contributed by atoms with Crippen molar-refractivity contribution < 1.29 is 8.42 Å². The number of hydrogen-bond donors (Lipinski definition) is 0. The zero-order valence-electron chi connectivity index (χ0n) is 11.3. The second kappa shape index (κ2) is 4.78. The largest absolute Gasteiger partial charge is 0.300 e. The van der Waals surface area contributed by atoms with Crippen LogP contribution in [-0.2, 0) is 16.1 Å². The number of benzene rings is 1. The molecule has 21 heavy (non-hydrogen) atoms. The molecule has 0 aliphatic rings. The highest BCUT2D eigenvalue weighted by molar-refractivity contribution is 8.13. The molecular formula is C13H11ClN4O2S. The molecule has 108 valence electrons. The minimum atomic E-state index is -3.94. The van der Waals surface area contributed by atoms with E-state index in [1.54, 1.807) is 7.05 Å². The third-order valence-corrected chi connectivity index (χ3v) is 4.34. The van der Waals surface area contributed by atoms with Crippen LogP contribution >= 0.6 is 10.7 Å². The van der Waals surface area contributed by atoms with E-state index in [2.05, 4.69) is 15.2 Å². The summed E-state index contributed by atoms with van der Waals surface area (Å²) in [5, 5.41) is 8.23. The Bertz CT molecular complexity index is 950. The Balaban J connectivity index is 2.34. The molecule has 0 aliphatic carbocycles. The van der Waals surface area contributed by atoms with Crippen molar-refractivity contribution in [2.45, 2.75) is 12.1 Å². The second-order valence-corrected chi connectivity index (χ2v) is 7.09. The number of nitrogens with zero attached hydrogens (tertiary/aromatic N) is 4. The Labute approximate surface area is 125 Å². The molecule has 0 aliphatic heterocycles. The summed E-state index contributed by atoms with van der Waals surface area (Å²) in [6.07, 6.45) is 0. The minimum Gasteiger partial charge on any atom is -0.300 e. The third-order valence-electron chi connectivity index (χ3n) is 3.14. The number of aromatic nitrogens is 4. The summed E-state index contributed by atoms with van der Waals surface area (Å²) in [4.78, 5) is 4.45. The van der Waals surface area contributed by atoms with Gasteiger partial charge in [-0.3, -0.25) is 9.55 Å². The lowest BCUT2D eigenvalue weighted by Crippen LogP contribution is -2.03. The molecule has 0 unspecified atom stereocenters. The Morgan fingerprint density at radius 3 is 2.57 bits per heavy atom. The van der Waals surface area contributed by atoms with E-state index in [0.29, 0.717) is 5.82 Å². The molecule has 0 amide bonds. The van der Waals surface area contributed by atoms with Crippen molar-refractivity contribution in [2.24, 2.45) is 7.05 Å². The van der Waals surface area contributed by atoms with E-state index in [4.69, 9.17) is 10.7 Å². The quantitative estimate of drug-likeness (QED) is 0.676. The molecule has 0 fully saturated rings. The van der Waals surface area contributed by atoms with Gasteiger partial charge in [-0.15, -0.1) is 10.2 Å². The number of rotatable bonds is 2. The molecule has 0 saturated heterocycles. The normalized spacial score (nSPS) is 12.0. The molecular weight excluding hydrogens is 312 g/mol. The van der Waals surface area contributed by atoms with Gasteiger partial charge in [0.15, 0.2) is 5.82 Å². The first-order valence-corrected chi connectivity index (χ1v) is 8.39. The van der Waals surface area contributed by atoms with E-state index in [1.165, 1.54) is 4.57 Å². The fourth-order valence-corrected chi connectivity index (χ4v) is 3.21. The monoisotopic (exact) mass is 322 g/mol. The summed E-state index contributed by atoms with van der Waals surface area (Å²) in [7, 11) is 2.98. The molecule has 3 rings (SSSR count). The van der Waals surface area contributed by atoms with Crippen molar-refractivity contribution in [3.05, 3.63) is 36.0 Å². The first kappa shape index (κ1) is 14.0. The average Bonchev–Trinajstić information content (AvgIpc) is 2.79. The molecule has 3 aromatic rings. The van der Waals surface area contributed by atoms with E-state index < -0.39 is 9.05 Å². The molecule has 0 spiro atoms. The van der Waals surface area contributed by atoms with Gasteiger partial charge in [-0.05, 0) is 19.1 Å². The van der Waals surface area contributed by atoms with Crippen molar-refractivity contribution >= 4 is 30.6 Å². The number of hydrogen-bond acceptors (Lipinski definition) is 5. The van der Waals surface area contributed by atoms with Crippen molar-refractivity contribution in [2.75, 3.05) is 0 Å². The molecule has 6 nitrogen and oxygen atoms in total. The van der Waals surface area contributed by atoms with Crippen LogP contribution in [0.1, 0.15) is 5.69 Å². The molecule has 2 aromatic heterocycles. The molecule has 0 bridgehead atoms. The maximum absolute atomic E-state index is 11.5. The zero-order chi connectivity index (χ0) is 15.2. The van der Waals surface area contributed by atoms with Crippen LogP contribution in [0.2, 0.25) is 0 Å². The van der Waals surface area contributed by atoms with Gasteiger partial charge in [0.25, 0.3) is 14.2 Å². The highest BCUT2D eigenvalue weighted by Gasteiger charge is 2.22. The Morgan fingerprint density at radius 1 is 1.19 bits per heavy atom. The minimum absolute atomic E-state index is 0.280. The fourth-order valence-electron chi connectivity index (χ4n) is 2.25. The maximum atomic E-state index is 11.5. The SMILES string of the molecule is Cc1cc(-c2nnc(S(=O)(=O)Cl)n2C)c2ccccc2n1. The van der Waals surface area contributed by atoms with Gasteiger partial charge in [0, 0.05) is 34.4 Å².